The number of tetrazole rings is 1. The third-order valence-electron chi connectivity index (χ3n) is 2.75. The molecule has 0 saturated carbocycles. The number of halogens is 3. The number of benzene rings is 1. The number of nitrogens with zero attached hydrogens (tertiary/aromatic N) is 4. The molecule has 0 atom stereocenters. The van der Waals surface area contributed by atoms with Crippen LogP contribution in [0.1, 0.15) is 5.56 Å². The van der Waals surface area contributed by atoms with E-state index < -0.39 is 31.2 Å². The zero-order valence-corrected chi connectivity index (χ0v) is 12.5. The molecular weight excluding hydrogens is 329 g/mol. The number of rotatable bonds is 4. The van der Waals surface area contributed by atoms with E-state index >= 15 is 0 Å². The first-order valence-corrected chi connectivity index (χ1v) is 6.72. The summed E-state index contributed by atoms with van der Waals surface area (Å²) in [5.74, 6) is -0.591. The van der Waals surface area contributed by atoms with Gasteiger partial charge in [-0.15, -0.1) is 10.2 Å². The Morgan fingerprint density at radius 3 is 2.50 bits per heavy atom. The third-order valence-corrected chi connectivity index (χ3v) is 2.75. The van der Waals surface area contributed by atoms with Crippen LogP contribution in [0.2, 0.25) is 0 Å². The SMILES string of the molecule is Cc1ccc(-c2nnn(CC(=O)NC(=O)NCC(F)(F)F)n2)cc1. The van der Waals surface area contributed by atoms with Gasteiger partial charge in [-0.25, -0.2) is 4.79 Å². The number of hydrogen-bond acceptors (Lipinski definition) is 5. The van der Waals surface area contributed by atoms with Gasteiger partial charge in [0.15, 0.2) is 0 Å². The Bertz CT molecular complexity index is 726. The second kappa shape index (κ2) is 7.06. The number of alkyl halides is 3. The second-order valence-corrected chi connectivity index (χ2v) is 4.86. The van der Waals surface area contributed by atoms with Crippen LogP contribution in [0.5, 0.6) is 0 Å². The maximum Gasteiger partial charge on any atom is 0.405 e. The molecule has 0 spiro atoms. The highest BCUT2D eigenvalue weighted by Gasteiger charge is 2.28. The van der Waals surface area contributed by atoms with Gasteiger partial charge in [-0.1, -0.05) is 29.8 Å². The molecule has 0 aliphatic heterocycles. The monoisotopic (exact) mass is 342 g/mol. The van der Waals surface area contributed by atoms with Crippen LogP contribution < -0.4 is 10.6 Å². The standard InChI is InChI=1S/C13H13F3N6O2/c1-8-2-4-9(5-3-8)11-19-21-22(20-11)6-10(23)18-12(24)17-7-13(14,15)16/h2-5H,6-7H2,1H3,(H2,17,18,23,24). The van der Waals surface area contributed by atoms with E-state index in [-0.39, 0.29) is 5.82 Å². The molecule has 2 rings (SSSR count). The average Bonchev–Trinajstić information content (AvgIpc) is 2.93. The number of carbonyl (C=O) groups is 2. The number of aromatic nitrogens is 4. The van der Waals surface area contributed by atoms with Gasteiger partial charge in [-0.05, 0) is 12.1 Å². The highest BCUT2D eigenvalue weighted by molar-refractivity contribution is 5.94. The largest absolute Gasteiger partial charge is 0.405 e. The molecule has 0 aliphatic carbocycles. The van der Waals surface area contributed by atoms with Crippen molar-refractivity contribution < 1.29 is 22.8 Å². The van der Waals surface area contributed by atoms with Crippen molar-refractivity contribution in [1.29, 1.82) is 0 Å². The van der Waals surface area contributed by atoms with Gasteiger partial charge in [-0.3, -0.25) is 10.1 Å². The molecule has 3 amide bonds. The van der Waals surface area contributed by atoms with E-state index in [9.17, 15) is 22.8 Å². The lowest BCUT2D eigenvalue weighted by Gasteiger charge is -2.08. The van der Waals surface area contributed by atoms with E-state index in [1.807, 2.05) is 19.1 Å². The molecule has 0 saturated heterocycles. The van der Waals surface area contributed by atoms with E-state index in [4.69, 9.17) is 0 Å². The third kappa shape index (κ3) is 5.34. The van der Waals surface area contributed by atoms with Crippen LogP contribution in [0.4, 0.5) is 18.0 Å². The summed E-state index contributed by atoms with van der Waals surface area (Å²) in [6.07, 6.45) is -4.56. The van der Waals surface area contributed by atoms with Gasteiger partial charge < -0.3 is 5.32 Å². The fourth-order valence-electron chi connectivity index (χ4n) is 1.65. The van der Waals surface area contributed by atoms with Crippen LogP contribution in [-0.2, 0) is 11.3 Å². The Morgan fingerprint density at radius 1 is 1.21 bits per heavy atom. The average molecular weight is 342 g/mol. The molecule has 0 fully saturated rings. The minimum atomic E-state index is -4.56. The lowest BCUT2D eigenvalue weighted by Crippen LogP contribution is -2.44. The van der Waals surface area contributed by atoms with Crippen LogP contribution in [0.3, 0.4) is 0 Å². The summed E-state index contributed by atoms with van der Waals surface area (Å²) in [7, 11) is 0. The first-order valence-electron chi connectivity index (χ1n) is 6.72. The van der Waals surface area contributed by atoms with Crippen LogP contribution >= 0.6 is 0 Å². The number of hydrogen-bond donors (Lipinski definition) is 2. The summed E-state index contributed by atoms with van der Waals surface area (Å²) in [5.41, 5.74) is 1.74. The summed E-state index contributed by atoms with van der Waals surface area (Å²) in [5, 5.41) is 14.6. The summed E-state index contributed by atoms with van der Waals surface area (Å²) >= 11 is 0. The maximum atomic E-state index is 11.9. The molecule has 8 nitrogen and oxygen atoms in total. The number of urea groups is 1. The Labute approximate surface area is 134 Å². The molecule has 24 heavy (non-hydrogen) atoms. The predicted octanol–water partition coefficient (Wildman–Crippen LogP) is 1.04. The van der Waals surface area contributed by atoms with E-state index in [1.54, 1.807) is 17.4 Å². The van der Waals surface area contributed by atoms with Crippen LogP contribution in [0.25, 0.3) is 11.4 Å². The van der Waals surface area contributed by atoms with Crippen molar-refractivity contribution in [3.63, 3.8) is 0 Å². The van der Waals surface area contributed by atoms with Crippen molar-refractivity contribution in [1.82, 2.24) is 30.8 Å². The quantitative estimate of drug-likeness (QED) is 0.864. The smallest absolute Gasteiger partial charge is 0.329 e. The van der Waals surface area contributed by atoms with Crippen molar-refractivity contribution in [2.45, 2.75) is 19.6 Å². The van der Waals surface area contributed by atoms with Gasteiger partial charge in [-0.2, -0.15) is 18.0 Å². The Morgan fingerprint density at radius 2 is 1.88 bits per heavy atom. The topological polar surface area (TPSA) is 102 Å². The molecule has 0 bridgehead atoms. The number of carbonyl (C=O) groups excluding carboxylic acids is 2. The molecule has 128 valence electrons. The van der Waals surface area contributed by atoms with Crippen LogP contribution in [0.15, 0.2) is 24.3 Å². The van der Waals surface area contributed by atoms with Gasteiger partial charge in [0.1, 0.15) is 13.1 Å². The Kier molecular flexibility index (Phi) is 5.11. The summed E-state index contributed by atoms with van der Waals surface area (Å²) in [6, 6.07) is 6.01. The van der Waals surface area contributed by atoms with E-state index in [0.717, 1.165) is 10.4 Å². The first-order chi connectivity index (χ1) is 11.2. The molecule has 1 heterocycles. The molecular formula is C13H13F3N6O2. The zero-order chi connectivity index (χ0) is 17.7. The molecule has 2 aromatic rings. The number of nitrogens with one attached hydrogen (secondary N) is 2. The molecule has 11 heteroatoms. The molecule has 1 aromatic heterocycles. The first kappa shape index (κ1) is 17.4. The molecule has 0 unspecified atom stereocenters. The lowest BCUT2D eigenvalue weighted by molar-refractivity contribution is -0.125. The van der Waals surface area contributed by atoms with Gasteiger partial charge in [0.25, 0.3) is 5.91 Å². The van der Waals surface area contributed by atoms with E-state index in [2.05, 4.69) is 15.4 Å². The fraction of sp³-hybridized carbons (Fsp3) is 0.308. The molecule has 1 aromatic carbocycles. The predicted molar refractivity (Wildman–Crippen MR) is 75.6 cm³/mol. The van der Waals surface area contributed by atoms with Gasteiger partial charge in [0.2, 0.25) is 5.82 Å². The number of imide groups is 1. The van der Waals surface area contributed by atoms with Crippen LogP contribution in [-0.4, -0.2) is 44.9 Å². The van der Waals surface area contributed by atoms with Gasteiger partial charge >= 0.3 is 12.2 Å². The molecule has 0 radical (unpaired) electrons. The Hall–Kier alpha value is -2.98. The minimum Gasteiger partial charge on any atom is -0.329 e. The number of amides is 3. The summed E-state index contributed by atoms with van der Waals surface area (Å²) < 4.78 is 35.8. The van der Waals surface area contributed by atoms with Gasteiger partial charge in [0, 0.05) is 5.56 Å². The lowest BCUT2D eigenvalue weighted by atomic mass is 10.1. The highest BCUT2D eigenvalue weighted by Crippen LogP contribution is 2.14. The van der Waals surface area contributed by atoms with Crippen molar-refractivity contribution >= 4 is 11.9 Å². The van der Waals surface area contributed by atoms with Crippen molar-refractivity contribution in [3.05, 3.63) is 29.8 Å². The van der Waals surface area contributed by atoms with Gasteiger partial charge in [0.05, 0.1) is 0 Å². The Balaban J connectivity index is 1.88. The van der Waals surface area contributed by atoms with Crippen molar-refractivity contribution in [2.24, 2.45) is 0 Å². The molecule has 0 aliphatic rings. The van der Waals surface area contributed by atoms with E-state index in [0.29, 0.717) is 5.56 Å². The number of aryl methyl sites for hydroxylation is 1. The normalized spacial score (nSPS) is 11.2. The molecule has 2 N–H and O–H groups in total. The van der Waals surface area contributed by atoms with Crippen LogP contribution in [0, 0.1) is 6.92 Å². The summed E-state index contributed by atoms with van der Waals surface area (Å²) in [4.78, 5) is 23.6. The minimum absolute atomic E-state index is 0.282. The fourth-order valence-corrected chi connectivity index (χ4v) is 1.65. The van der Waals surface area contributed by atoms with Crippen molar-refractivity contribution in [2.75, 3.05) is 6.54 Å². The second-order valence-electron chi connectivity index (χ2n) is 4.86. The van der Waals surface area contributed by atoms with Crippen molar-refractivity contribution in [3.8, 4) is 11.4 Å². The zero-order valence-electron chi connectivity index (χ0n) is 12.5. The highest BCUT2D eigenvalue weighted by atomic mass is 19.4. The van der Waals surface area contributed by atoms with E-state index in [1.165, 1.54) is 5.32 Å². The summed E-state index contributed by atoms with van der Waals surface area (Å²) in [6.45, 7) is -0.0776. The maximum absolute atomic E-state index is 11.9.